The summed E-state index contributed by atoms with van der Waals surface area (Å²) in [6, 6.07) is 12.1. The second-order valence-electron chi connectivity index (χ2n) is 7.06. The number of hydrogen-bond acceptors (Lipinski definition) is 5. The van der Waals surface area contributed by atoms with Crippen molar-refractivity contribution in [3.63, 3.8) is 0 Å². The van der Waals surface area contributed by atoms with Crippen LogP contribution in [0.4, 0.5) is 0 Å². The van der Waals surface area contributed by atoms with E-state index in [-0.39, 0.29) is 24.3 Å². The van der Waals surface area contributed by atoms with Gasteiger partial charge in [0.25, 0.3) is 5.91 Å². The highest BCUT2D eigenvalue weighted by Crippen LogP contribution is 2.29. The molecular weight excluding hydrogens is 427 g/mol. The Hall–Kier alpha value is -2.45. The molecule has 2 aromatic carbocycles. The van der Waals surface area contributed by atoms with Crippen molar-refractivity contribution < 1.29 is 14.3 Å². The summed E-state index contributed by atoms with van der Waals surface area (Å²) in [4.78, 5) is 24.7. The number of amides is 2. The predicted octanol–water partition coefficient (Wildman–Crippen LogP) is 2.68. The van der Waals surface area contributed by atoms with Gasteiger partial charge in [-0.05, 0) is 23.8 Å². The van der Waals surface area contributed by atoms with Crippen LogP contribution in [-0.2, 0) is 9.53 Å². The lowest BCUT2D eigenvalue weighted by Crippen LogP contribution is -2.45. The molecule has 7 nitrogen and oxygen atoms in total. The first-order valence-electron chi connectivity index (χ1n) is 9.56. The molecule has 0 aliphatic carbocycles. The Balaban J connectivity index is 1.59. The zero-order valence-corrected chi connectivity index (χ0v) is 17.5. The topological polar surface area (TPSA) is 91.8 Å². The molecule has 30 heavy (non-hydrogen) atoms. The quantitative estimate of drug-likeness (QED) is 0.672. The molecule has 0 spiro atoms. The van der Waals surface area contributed by atoms with E-state index in [1.807, 2.05) is 12.1 Å². The van der Waals surface area contributed by atoms with E-state index < -0.39 is 6.10 Å². The fourth-order valence-corrected chi connectivity index (χ4v) is 3.89. The lowest BCUT2D eigenvalue weighted by Gasteiger charge is -2.26. The predicted molar refractivity (Wildman–Crippen MR) is 115 cm³/mol. The van der Waals surface area contributed by atoms with E-state index in [0.29, 0.717) is 46.6 Å². The normalized spacial score (nSPS) is 21.5. The highest BCUT2D eigenvalue weighted by Gasteiger charge is 2.29. The maximum atomic E-state index is 13.2. The Labute approximate surface area is 183 Å². The highest BCUT2D eigenvalue weighted by molar-refractivity contribution is 6.42. The molecule has 2 aliphatic heterocycles. The van der Waals surface area contributed by atoms with Crippen molar-refractivity contribution >= 4 is 40.7 Å². The number of nitrogens with zero attached hydrogens (tertiary/aromatic N) is 1. The Bertz CT molecular complexity index is 1010. The van der Waals surface area contributed by atoms with Crippen LogP contribution in [0.25, 0.3) is 0 Å². The van der Waals surface area contributed by atoms with Crippen LogP contribution >= 0.6 is 23.2 Å². The SMILES string of the molecule is O=C1CC(c2ccccc2C(=O)N[C@@H]2CNCCO[C@H]2c2ccc(Cl)c(Cl)c2)=NN1. The summed E-state index contributed by atoms with van der Waals surface area (Å²) in [5, 5.41) is 11.3. The van der Waals surface area contributed by atoms with Crippen molar-refractivity contribution in [3.8, 4) is 0 Å². The number of hydrogen-bond donors (Lipinski definition) is 3. The van der Waals surface area contributed by atoms with Crippen molar-refractivity contribution in [2.45, 2.75) is 18.6 Å². The molecule has 2 atom stereocenters. The van der Waals surface area contributed by atoms with Crippen LogP contribution in [0.1, 0.15) is 34.0 Å². The van der Waals surface area contributed by atoms with Crippen LogP contribution in [0.15, 0.2) is 47.6 Å². The van der Waals surface area contributed by atoms with Crippen LogP contribution in [-0.4, -0.2) is 43.3 Å². The number of rotatable bonds is 4. The lowest BCUT2D eigenvalue weighted by atomic mass is 9.98. The first kappa shape index (κ1) is 20.8. The highest BCUT2D eigenvalue weighted by atomic mass is 35.5. The molecule has 2 heterocycles. The van der Waals surface area contributed by atoms with Crippen molar-refractivity contribution in [1.29, 1.82) is 0 Å². The van der Waals surface area contributed by atoms with E-state index in [9.17, 15) is 9.59 Å². The minimum absolute atomic E-state index is 0.143. The molecule has 4 rings (SSSR count). The van der Waals surface area contributed by atoms with E-state index in [1.54, 1.807) is 30.3 Å². The lowest BCUT2D eigenvalue weighted by molar-refractivity contribution is -0.119. The third-order valence-electron chi connectivity index (χ3n) is 5.02. The van der Waals surface area contributed by atoms with E-state index in [0.717, 1.165) is 5.56 Å². The molecule has 0 aromatic heterocycles. The molecule has 1 fully saturated rings. The first-order valence-corrected chi connectivity index (χ1v) is 10.3. The van der Waals surface area contributed by atoms with Crippen molar-refractivity contribution in [2.75, 3.05) is 19.7 Å². The van der Waals surface area contributed by atoms with Crippen molar-refractivity contribution in [3.05, 3.63) is 69.2 Å². The Morgan fingerprint density at radius 1 is 1.17 bits per heavy atom. The molecular formula is C21H20Cl2N4O3. The minimum atomic E-state index is -0.391. The molecule has 3 N–H and O–H groups in total. The van der Waals surface area contributed by atoms with Gasteiger partial charge in [-0.3, -0.25) is 9.59 Å². The van der Waals surface area contributed by atoms with Gasteiger partial charge in [-0.1, -0.05) is 47.5 Å². The van der Waals surface area contributed by atoms with E-state index >= 15 is 0 Å². The van der Waals surface area contributed by atoms with Gasteiger partial charge in [-0.15, -0.1) is 0 Å². The molecule has 156 valence electrons. The van der Waals surface area contributed by atoms with Gasteiger partial charge in [-0.25, -0.2) is 5.43 Å². The number of carbonyl (C=O) groups excluding carboxylic acids is 2. The number of halogens is 2. The van der Waals surface area contributed by atoms with Gasteiger partial charge >= 0.3 is 0 Å². The Morgan fingerprint density at radius 2 is 2.00 bits per heavy atom. The van der Waals surface area contributed by atoms with Crippen molar-refractivity contribution in [2.24, 2.45) is 5.10 Å². The number of carbonyl (C=O) groups is 2. The van der Waals surface area contributed by atoms with Crippen molar-refractivity contribution in [1.82, 2.24) is 16.1 Å². The molecule has 2 aromatic rings. The molecule has 2 amide bonds. The average molecular weight is 447 g/mol. The number of benzene rings is 2. The molecule has 9 heteroatoms. The Kier molecular flexibility index (Phi) is 6.34. The summed E-state index contributed by atoms with van der Waals surface area (Å²) in [6.45, 7) is 1.70. The number of nitrogens with one attached hydrogen (secondary N) is 3. The monoisotopic (exact) mass is 446 g/mol. The van der Waals surface area contributed by atoms with Gasteiger partial charge in [-0.2, -0.15) is 5.10 Å². The van der Waals surface area contributed by atoms with Crippen LogP contribution in [0.3, 0.4) is 0 Å². The summed E-state index contributed by atoms with van der Waals surface area (Å²) in [5.41, 5.74) is 4.88. The van der Waals surface area contributed by atoms with Crippen LogP contribution in [0, 0.1) is 0 Å². The molecule has 1 saturated heterocycles. The fourth-order valence-electron chi connectivity index (χ4n) is 3.58. The second kappa shape index (κ2) is 9.14. The standard InChI is InChI=1S/C21H20Cl2N4O3/c22-15-6-5-12(9-16(15)23)20-18(11-24-7-8-30-20)25-21(29)14-4-2-1-3-13(14)17-10-19(28)27-26-17/h1-6,9,18,20,24H,7-8,10-11H2,(H,25,29)(H,27,28)/t18-,20+/m1/s1. The molecule has 0 bridgehead atoms. The zero-order chi connectivity index (χ0) is 21.1. The first-order chi connectivity index (χ1) is 14.5. The maximum Gasteiger partial charge on any atom is 0.252 e. The molecule has 2 aliphatic rings. The van der Waals surface area contributed by atoms with E-state index in [1.165, 1.54) is 0 Å². The Morgan fingerprint density at radius 3 is 2.77 bits per heavy atom. The number of hydrazone groups is 1. The average Bonchev–Trinajstić information content (AvgIpc) is 3.05. The molecule has 0 saturated carbocycles. The molecule has 0 radical (unpaired) electrons. The second-order valence-corrected chi connectivity index (χ2v) is 7.88. The van der Waals surface area contributed by atoms with Crippen LogP contribution in [0.5, 0.6) is 0 Å². The summed E-state index contributed by atoms with van der Waals surface area (Å²) < 4.78 is 6.02. The molecule has 0 unspecified atom stereocenters. The van der Waals surface area contributed by atoms with Gasteiger partial charge in [0, 0.05) is 24.2 Å². The third-order valence-corrected chi connectivity index (χ3v) is 5.76. The summed E-state index contributed by atoms with van der Waals surface area (Å²) in [5.74, 6) is -0.462. The van der Waals surface area contributed by atoms with Gasteiger partial charge < -0.3 is 15.4 Å². The third kappa shape index (κ3) is 4.49. The van der Waals surface area contributed by atoms with E-state index in [2.05, 4.69) is 21.2 Å². The van der Waals surface area contributed by atoms with Gasteiger partial charge in [0.05, 0.1) is 34.8 Å². The minimum Gasteiger partial charge on any atom is -0.370 e. The largest absolute Gasteiger partial charge is 0.370 e. The van der Waals surface area contributed by atoms with Crippen LogP contribution < -0.4 is 16.1 Å². The van der Waals surface area contributed by atoms with Gasteiger partial charge in [0.2, 0.25) is 5.91 Å². The van der Waals surface area contributed by atoms with E-state index in [4.69, 9.17) is 27.9 Å². The summed E-state index contributed by atoms with van der Waals surface area (Å²) in [6.07, 6.45) is -0.248. The van der Waals surface area contributed by atoms with Crippen LogP contribution in [0.2, 0.25) is 10.0 Å². The number of ether oxygens (including phenoxy) is 1. The van der Waals surface area contributed by atoms with Gasteiger partial charge in [0.15, 0.2) is 0 Å². The smallest absolute Gasteiger partial charge is 0.252 e. The van der Waals surface area contributed by atoms with Gasteiger partial charge in [0.1, 0.15) is 6.10 Å². The summed E-state index contributed by atoms with van der Waals surface area (Å²) >= 11 is 12.2. The fraction of sp³-hybridized carbons (Fsp3) is 0.286. The maximum absolute atomic E-state index is 13.2. The zero-order valence-electron chi connectivity index (χ0n) is 16.0. The summed E-state index contributed by atoms with van der Waals surface area (Å²) in [7, 11) is 0.